The van der Waals surface area contributed by atoms with Crippen molar-refractivity contribution in [1.29, 1.82) is 0 Å². The van der Waals surface area contributed by atoms with E-state index in [4.69, 9.17) is 4.52 Å². The van der Waals surface area contributed by atoms with Crippen LogP contribution in [-0.2, 0) is 0 Å². The van der Waals surface area contributed by atoms with Crippen molar-refractivity contribution in [2.75, 3.05) is 23.7 Å². The van der Waals surface area contributed by atoms with Gasteiger partial charge in [-0.15, -0.1) is 0 Å². The van der Waals surface area contributed by atoms with Crippen molar-refractivity contribution in [3.63, 3.8) is 0 Å². The average Bonchev–Trinajstić information content (AvgIpc) is 2.89. The molecule has 1 aromatic heterocycles. The molecule has 0 atom stereocenters. The Morgan fingerprint density at radius 2 is 2.05 bits per heavy atom. The number of aryl methyl sites for hydroxylation is 1. The third-order valence-electron chi connectivity index (χ3n) is 2.69. The number of nitrogens with one attached hydrogen (secondary N) is 3. The molecular weight excluding hydrogens is 290 g/mol. The first-order valence-electron chi connectivity index (χ1n) is 6.51. The van der Waals surface area contributed by atoms with Crippen molar-refractivity contribution in [2.24, 2.45) is 0 Å². The minimum absolute atomic E-state index is 0.0333. The van der Waals surface area contributed by atoms with E-state index in [1.54, 1.807) is 25.1 Å². The molecule has 0 saturated heterocycles. The Morgan fingerprint density at radius 3 is 2.64 bits per heavy atom. The molecule has 0 aliphatic heterocycles. The van der Waals surface area contributed by atoms with Gasteiger partial charge in [-0.1, -0.05) is 5.16 Å². The van der Waals surface area contributed by atoms with Gasteiger partial charge in [0, 0.05) is 37.0 Å². The van der Waals surface area contributed by atoms with Crippen LogP contribution in [0, 0.1) is 17.0 Å². The molecule has 2 amide bonds. The number of nitrogens with zero attached hydrogens (tertiary/aromatic N) is 2. The number of hydrogen-bond donors (Lipinski definition) is 3. The zero-order valence-corrected chi connectivity index (χ0v) is 11.8. The summed E-state index contributed by atoms with van der Waals surface area (Å²) in [7, 11) is 0. The van der Waals surface area contributed by atoms with Gasteiger partial charge < -0.3 is 15.2 Å². The molecule has 1 aromatic carbocycles. The number of aromatic nitrogens is 1. The van der Waals surface area contributed by atoms with Gasteiger partial charge in [0.25, 0.3) is 5.69 Å². The van der Waals surface area contributed by atoms with Gasteiger partial charge in [-0.25, -0.2) is 4.79 Å². The number of hydrogen-bond acceptors (Lipinski definition) is 6. The van der Waals surface area contributed by atoms with Gasteiger partial charge >= 0.3 is 6.03 Å². The van der Waals surface area contributed by atoms with E-state index in [1.165, 1.54) is 12.1 Å². The lowest BCUT2D eigenvalue weighted by molar-refractivity contribution is -0.384. The van der Waals surface area contributed by atoms with Crippen LogP contribution in [0.25, 0.3) is 0 Å². The maximum atomic E-state index is 11.5. The molecule has 116 valence electrons. The topological polar surface area (TPSA) is 122 Å². The molecule has 0 aliphatic rings. The van der Waals surface area contributed by atoms with Gasteiger partial charge in [-0.2, -0.15) is 0 Å². The van der Waals surface area contributed by atoms with Crippen LogP contribution in [0.3, 0.4) is 0 Å². The van der Waals surface area contributed by atoms with Crippen molar-refractivity contribution in [3.8, 4) is 0 Å². The SMILES string of the molecule is Cc1cc(NC(=O)NCCNc2ccc([N+](=O)[O-])cc2)no1. The predicted octanol–water partition coefficient (Wildman–Crippen LogP) is 2.12. The molecule has 3 N–H and O–H groups in total. The van der Waals surface area contributed by atoms with E-state index in [0.29, 0.717) is 24.7 Å². The molecule has 0 saturated carbocycles. The number of nitro groups is 1. The van der Waals surface area contributed by atoms with Crippen LogP contribution in [0.2, 0.25) is 0 Å². The summed E-state index contributed by atoms with van der Waals surface area (Å²) < 4.78 is 4.82. The lowest BCUT2D eigenvalue weighted by Gasteiger charge is -2.07. The summed E-state index contributed by atoms with van der Waals surface area (Å²) in [6, 6.07) is 7.26. The number of carbonyl (C=O) groups is 1. The first kappa shape index (κ1) is 15.3. The Labute approximate surface area is 125 Å². The highest BCUT2D eigenvalue weighted by molar-refractivity contribution is 5.88. The van der Waals surface area contributed by atoms with Crippen LogP contribution in [0.5, 0.6) is 0 Å². The summed E-state index contributed by atoms with van der Waals surface area (Å²) in [5.74, 6) is 0.952. The summed E-state index contributed by atoms with van der Waals surface area (Å²) in [6.07, 6.45) is 0. The van der Waals surface area contributed by atoms with Gasteiger partial charge in [-0.3, -0.25) is 15.4 Å². The summed E-state index contributed by atoms with van der Waals surface area (Å²) in [5, 5.41) is 22.4. The highest BCUT2D eigenvalue weighted by atomic mass is 16.6. The molecule has 1 heterocycles. The van der Waals surface area contributed by atoms with Gasteiger partial charge in [0.15, 0.2) is 5.82 Å². The lowest BCUT2D eigenvalue weighted by Crippen LogP contribution is -2.32. The smallest absolute Gasteiger partial charge is 0.320 e. The van der Waals surface area contributed by atoms with Crippen molar-refractivity contribution in [1.82, 2.24) is 10.5 Å². The number of anilines is 2. The first-order chi connectivity index (χ1) is 10.5. The number of rotatable bonds is 6. The minimum atomic E-state index is -0.457. The van der Waals surface area contributed by atoms with E-state index < -0.39 is 11.0 Å². The third-order valence-corrected chi connectivity index (χ3v) is 2.69. The van der Waals surface area contributed by atoms with Crippen LogP contribution in [0.15, 0.2) is 34.9 Å². The normalized spacial score (nSPS) is 10.0. The fraction of sp³-hybridized carbons (Fsp3) is 0.231. The third kappa shape index (κ3) is 4.47. The van der Waals surface area contributed by atoms with Crippen molar-refractivity contribution in [3.05, 3.63) is 46.2 Å². The molecule has 9 heteroatoms. The number of nitro benzene ring substituents is 1. The zero-order chi connectivity index (χ0) is 15.9. The quantitative estimate of drug-likeness (QED) is 0.427. The zero-order valence-electron chi connectivity index (χ0n) is 11.8. The first-order valence-corrected chi connectivity index (χ1v) is 6.51. The Hall–Kier alpha value is -3.10. The molecule has 0 spiro atoms. The Kier molecular flexibility index (Phi) is 4.91. The predicted molar refractivity (Wildman–Crippen MR) is 79.8 cm³/mol. The molecular formula is C13H15N5O4. The molecule has 0 unspecified atom stereocenters. The fourth-order valence-corrected chi connectivity index (χ4v) is 1.67. The molecule has 9 nitrogen and oxygen atoms in total. The van der Waals surface area contributed by atoms with E-state index in [9.17, 15) is 14.9 Å². The summed E-state index contributed by atoms with van der Waals surface area (Å²) in [6.45, 7) is 2.58. The van der Waals surface area contributed by atoms with Gasteiger partial charge in [0.1, 0.15) is 5.76 Å². The highest BCUT2D eigenvalue weighted by Gasteiger charge is 2.05. The monoisotopic (exact) mass is 305 g/mol. The van der Waals surface area contributed by atoms with E-state index in [-0.39, 0.29) is 5.69 Å². The molecule has 0 bridgehead atoms. The number of non-ortho nitro benzene ring substituents is 1. The minimum Gasteiger partial charge on any atom is -0.383 e. The summed E-state index contributed by atoms with van der Waals surface area (Å²) >= 11 is 0. The summed E-state index contributed by atoms with van der Waals surface area (Å²) in [5.41, 5.74) is 0.769. The van der Waals surface area contributed by atoms with Crippen LogP contribution in [0.4, 0.5) is 22.0 Å². The van der Waals surface area contributed by atoms with Crippen LogP contribution in [0.1, 0.15) is 5.76 Å². The Bertz CT molecular complexity index is 653. The fourth-order valence-electron chi connectivity index (χ4n) is 1.67. The van der Waals surface area contributed by atoms with Crippen molar-refractivity contribution in [2.45, 2.75) is 6.92 Å². The Balaban J connectivity index is 1.68. The van der Waals surface area contributed by atoms with E-state index in [2.05, 4.69) is 21.1 Å². The summed E-state index contributed by atoms with van der Waals surface area (Å²) in [4.78, 5) is 21.6. The van der Waals surface area contributed by atoms with Crippen molar-refractivity contribution >= 4 is 23.2 Å². The second-order valence-corrected chi connectivity index (χ2v) is 4.43. The van der Waals surface area contributed by atoms with E-state index in [1.807, 2.05) is 0 Å². The van der Waals surface area contributed by atoms with Crippen LogP contribution >= 0.6 is 0 Å². The van der Waals surface area contributed by atoms with Gasteiger partial charge in [-0.05, 0) is 19.1 Å². The molecule has 0 aliphatic carbocycles. The second-order valence-electron chi connectivity index (χ2n) is 4.43. The largest absolute Gasteiger partial charge is 0.383 e. The molecule has 0 radical (unpaired) electrons. The van der Waals surface area contributed by atoms with E-state index in [0.717, 1.165) is 5.69 Å². The number of urea groups is 1. The van der Waals surface area contributed by atoms with Gasteiger partial charge in [0.2, 0.25) is 0 Å². The molecule has 2 rings (SSSR count). The van der Waals surface area contributed by atoms with E-state index >= 15 is 0 Å². The molecule has 2 aromatic rings. The highest BCUT2D eigenvalue weighted by Crippen LogP contribution is 2.14. The number of amides is 2. The Morgan fingerprint density at radius 1 is 1.32 bits per heavy atom. The molecule has 22 heavy (non-hydrogen) atoms. The van der Waals surface area contributed by atoms with Crippen LogP contribution in [-0.4, -0.2) is 29.2 Å². The molecule has 0 fully saturated rings. The van der Waals surface area contributed by atoms with Gasteiger partial charge in [0.05, 0.1) is 4.92 Å². The lowest BCUT2D eigenvalue weighted by atomic mass is 10.3. The number of carbonyl (C=O) groups excluding carboxylic acids is 1. The van der Waals surface area contributed by atoms with Crippen molar-refractivity contribution < 1.29 is 14.2 Å². The maximum absolute atomic E-state index is 11.5. The maximum Gasteiger partial charge on any atom is 0.320 e. The standard InChI is InChI=1S/C13H15N5O4/c1-9-8-12(17-22-9)16-13(19)15-7-6-14-10-2-4-11(5-3-10)18(20)21/h2-5,8,14H,6-7H2,1H3,(H2,15,16,17,19). The average molecular weight is 305 g/mol. The second kappa shape index (κ2) is 7.07. The van der Waals surface area contributed by atoms with Crippen LogP contribution < -0.4 is 16.0 Å². The number of benzene rings is 1.